The van der Waals surface area contributed by atoms with E-state index in [1.807, 2.05) is 19.1 Å². The van der Waals surface area contributed by atoms with Crippen LogP contribution in [0.3, 0.4) is 0 Å². The molecule has 0 saturated heterocycles. The SMILES string of the molecule is CC1(N)C=CC=c2ccsc2=C1. The third-order valence-electron chi connectivity index (χ3n) is 1.90. The number of nitrogens with two attached hydrogens (primary N) is 1. The number of fused-ring (bicyclic) bond motifs is 1. The standard InChI is InChI=1S/C10H11NS/c1-10(11)5-2-3-8-4-6-12-9(8)7-10/h2-7H,11H2,1H3. The van der Waals surface area contributed by atoms with Crippen molar-refractivity contribution in [2.24, 2.45) is 5.73 Å². The molecule has 0 aliphatic heterocycles. The van der Waals surface area contributed by atoms with E-state index in [-0.39, 0.29) is 5.54 Å². The first-order chi connectivity index (χ1) is 5.67. The van der Waals surface area contributed by atoms with Crippen LogP contribution in [0.25, 0.3) is 12.2 Å². The lowest BCUT2D eigenvalue weighted by molar-refractivity contribution is 0.779. The fourth-order valence-electron chi connectivity index (χ4n) is 1.28. The van der Waals surface area contributed by atoms with Crippen molar-refractivity contribution in [3.8, 4) is 0 Å². The second kappa shape index (κ2) is 2.57. The van der Waals surface area contributed by atoms with Gasteiger partial charge >= 0.3 is 0 Å². The summed E-state index contributed by atoms with van der Waals surface area (Å²) in [7, 11) is 0. The monoisotopic (exact) mass is 177 g/mol. The van der Waals surface area contributed by atoms with E-state index < -0.39 is 0 Å². The van der Waals surface area contributed by atoms with Gasteiger partial charge in [0.2, 0.25) is 0 Å². The second-order valence-corrected chi connectivity index (χ2v) is 4.22. The molecule has 1 aliphatic rings. The highest BCUT2D eigenvalue weighted by atomic mass is 32.1. The third kappa shape index (κ3) is 1.36. The molecule has 0 amide bonds. The van der Waals surface area contributed by atoms with Gasteiger partial charge in [0.1, 0.15) is 0 Å². The molecule has 1 aromatic heterocycles. The topological polar surface area (TPSA) is 26.0 Å². The summed E-state index contributed by atoms with van der Waals surface area (Å²) >= 11 is 1.73. The molecular weight excluding hydrogens is 166 g/mol. The van der Waals surface area contributed by atoms with E-state index in [9.17, 15) is 0 Å². The van der Waals surface area contributed by atoms with Gasteiger partial charge in [-0.2, -0.15) is 0 Å². The largest absolute Gasteiger partial charge is 0.319 e. The molecule has 1 atom stereocenters. The first-order valence-corrected chi connectivity index (χ1v) is 4.80. The lowest BCUT2D eigenvalue weighted by Crippen LogP contribution is -2.33. The zero-order valence-electron chi connectivity index (χ0n) is 6.95. The van der Waals surface area contributed by atoms with E-state index >= 15 is 0 Å². The van der Waals surface area contributed by atoms with Gasteiger partial charge in [-0.3, -0.25) is 0 Å². The maximum atomic E-state index is 6.00. The summed E-state index contributed by atoms with van der Waals surface area (Å²) in [4.78, 5) is 0. The molecule has 2 heteroatoms. The van der Waals surface area contributed by atoms with Crippen LogP contribution in [0.1, 0.15) is 6.92 Å². The Morgan fingerprint density at radius 3 is 3.17 bits per heavy atom. The quantitative estimate of drug-likeness (QED) is 0.617. The summed E-state index contributed by atoms with van der Waals surface area (Å²) < 4.78 is 1.27. The number of hydrogen-bond acceptors (Lipinski definition) is 2. The lowest BCUT2D eigenvalue weighted by atomic mass is 10.0. The molecule has 1 aromatic rings. The summed E-state index contributed by atoms with van der Waals surface area (Å²) in [6.07, 6.45) is 8.24. The van der Waals surface area contributed by atoms with E-state index in [0.29, 0.717) is 0 Å². The Balaban J connectivity index is 2.75. The van der Waals surface area contributed by atoms with Crippen LogP contribution in [-0.4, -0.2) is 5.54 Å². The van der Waals surface area contributed by atoms with Crippen LogP contribution < -0.4 is 15.5 Å². The molecule has 1 unspecified atom stereocenters. The second-order valence-electron chi connectivity index (χ2n) is 3.28. The highest BCUT2D eigenvalue weighted by Gasteiger charge is 2.10. The van der Waals surface area contributed by atoms with Crippen molar-refractivity contribution in [3.63, 3.8) is 0 Å². The first kappa shape index (κ1) is 7.77. The maximum absolute atomic E-state index is 6.00. The first-order valence-electron chi connectivity index (χ1n) is 3.92. The van der Waals surface area contributed by atoms with Gasteiger partial charge < -0.3 is 5.73 Å². The van der Waals surface area contributed by atoms with Crippen molar-refractivity contribution in [1.29, 1.82) is 0 Å². The number of allylic oxidation sites excluding steroid dienone is 1. The molecule has 2 N–H and O–H groups in total. The molecule has 0 saturated carbocycles. The van der Waals surface area contributed by atoms with Crippen molar-refractivity contribution in [2.45, 2.75) is 12.5 Å². The Morgan fingerprint density at radius 2 is 2.33 bits per heavy atom. The van der Waals surface area contributed by atoms with Crippen molar-refractivity contribution in [2.75, 3.05) is 0 Å². The molecule has 1 aliphatic carbocycles. The van der Waals surface area contributed by atoms with Gasteiger partial charge in [0.25, 0.3) is 0 Å². The molecule has 1 heterocycles. The Kier molecular flexibility index (Phi) is 1.67. The van der Waals surface area contributed by atoms with E-state index in [1.54, 1.807) is 11.3 Å². The molecule has 2 rings (SSSR count). The third-order valence-corrected chi connectivity index (χ3v) is 2.78. The Morgan fingerprint density at radius 1 is 1.50 bits per heavy atom. The van der Waals surface area contributed by atoms with Gasteiger partial charge in [-0.05, 0) is 29.7 Å². The summed E-state index contributed by atoms with van der Waals surface area (Å²) in [5.74, 6) is 0. The average molecular weight is 177 g/mol. The van der Waals surface area contributed by atoms with Crippen LogP contribution in [0.5, 0.6) is 0 Å². The van der Waals surface area contributed by atoms with Gasteiger partial charge in [0.05, 0.1) is 5.54 Å². The minimum absolute atomic E-state index is 0.299. The van der Waals surface area contributed by atoms with E-state index in [1.165, 1.54) is 9.75 Å². The minimum atomic E-state index is -0.299. The molecule has 0 fully saturated rings. The minimum Gasteiger partial charge on any atom is -0.319 e. The number of thiophene rings is 1. The van der Waals surface area contributed by atoms with Crippen LogP contribution >= 0.6 is 11.3 Å². The number of hydrogen-bond donors (Lipinski definition) is 1. The molecule has 62 valence electrons. The molecule has 12 heavy (non-hydrogen) atoms. The maximum Gasteiger partial charge on any atom is 0.0516 e. The van der Waals surface area contributed by atoms with Gasteiger partial charge in [-0.1, -0.05) is 18.2 Å². The highest BCUT2D eigenvalue weighted by Crippen LogP contribution is 2.05. The average Bonchev–Trinajstić information content (AvgIpc) is 2.31. The molecule has 0 radical (unpaired) electrons. The zero-order chi connectivity index (χ0) is 8.60. The van der Waals surface area contributed by atoms with Gasteiger partial charge in [-0.15, -0.1) is 11.3 Å². The Labute approximate surface area is 75.5 Å². The molecule has 0 bridgehead atoms. The van der Waals surface area contributed by atoms with Gasteiger partial charge in [0, 0.05) is 4.53 Å². The summed E-state index contributed by atoms with van der Waals surface area (Å²) in [6.45, 7) is 2.01. The lowest BCUT2D eigenvalue weighted by Gasteiger charge is -2.12. The van der Waals surface area contributed by atoms with E-state index in [2.05, 4.69) is 23.6 Å². The van der Waals surface area contributed by atoms with Crippen molar-refractivity contribution < 1.29 is 0 Å². The Bertz CT molecular complexity index is 423. The Hall–Kier alpha value is -0.860. The summed E-state index contributed by atoms with van der Waals surface area (Å²) in [6, 6.07) is 2.11. The molecule has 0 spiro atoms. The summed E-state index contributed by atoms with van der Waals surface area (Å²) in [5, 5.41) is 3.36. The smallest absolute Gasteiger partial charge is 0.0516 e. The van der Waals surface area contributed by atoms with Gasteiger partial charge in [0.15, 0.2) is 0 Å². The highest BCUT2D eigenvalue weighted by molar-refractivity contribution is 7.07. The van der Waals surface area contributed by atoms with Crippen molar-refractivity contribution in [1.82, 2.24) is 0 Å². The molecule has 1 nitrogen and oxygen atoms in total. The van der Waals surface area contributed by atoms with Crippen molar-refractivity contribution >= 4 is 23.5 Å². The normalized spacial score (nSPS) is 26.8. The molecular formula is C10H11NS. The predicted molar refractivity (Wildman–Crippen MR) is 54.2 cm³/mol. The van der Waals surface area contributed by atoms with Crippen LogP contribution in [0.15, 0.2) is 23.6 Å². The van der Waals surface area contributed by atoms with Crippen LogP contribution in [0.4, 0.5) is 0 Å². The fraction of sp³-hybridized carbons (Fsp3) is 0.200. The van der Waals surface area contributed by atoms with Crippen LogP contribution in [0.2, 0.25) is 0 Å². The summed E-state index contributed by atoms with van der Waals surface area (Å²) in [5.41, 5.74) is 5.70. The molecule has 0 aromatic carbocycles. The zero-order valence-corrected chi connectivity index (χ0v) is 7.77. The number of rotatable bonds is 0. The van der Waals surface area contributed by atoms with Gasteiger partial charge in [-0.25, -0.2) is 0 Å². The predicted octanol–water partition coefficient (Wildman–Crippen LogP) is 0.596. The van der Waals surface area contributed by atoms with Crippen LogP contribution in [-0.2, 0) is 0 Å². The van der Waals surface area contributed by atoms with Crippen molar-refractivity contribution in [3.05, 3.63) is 33.3 Å². The van der Waals surface area contributed by atoms with E-state index in [0.717, 1.165) is 0 Å². The fourth-order valence-corrected chi connectivity index (χ4v) is 2.23. The van der Waals surface area contributed by atoms with E-state index in [4.69, 9.17) is 5.73 Å². The van der Waals surface area contributed by atoms with Crippen LogP contribution in [0, 0.1) is 0 Å².